The van der Waals surface area contributed by atoms with Crippen molar-refractivity contribution in [1.82, 2.24) is 20.0 Å². The van der Waals surface area contributed by atoms with E-state index in [0.29, 0.717) is 17.4 Å². The summed E-state index contributed by atoms with van der Waals surface area (Å²) in [4.78, 5) is 30.8. The van der Waals surface area contributed by atoms with Crippen LogP contribution in [-0.2, 0) is 16.0 Å². The number of anilines is 1. The molecule has 0 radical (unpaired) electrons. The molecule has 8 nitrogen and oxygen atoms in total. The molecule has 43 heavy (non-hydrogen) atoms. The summed E-state index contributed by atoms with van der Waals surface area (Å²) in [6.07, 6.45) is 18.3. The number of hydrogen-bond acceptors (Lipinski definition) is 5. The van der Waals surface area contributed by atoms with Gasteiger partial charge in [0, 0.05) is 53.9 Å². The maximum atomic E-state index is 13.3. The molecule has 1 N–H and O–H groups in total. The first kappa shape index (κ1) is 27.7. The maximum absolute atomic E-state index is 13.3. The summed E-state index contributed by atoms with van der Waals surface area (Å²) in [5, 5.41) is 8.31. The number of benzene rings is 1. The molecule has 4 heterocycles. The number of nitrogens with one attached hydrogen (secondary N) is 1. The van der Waals surface area contributed by atoms with E-state index < -0.39 is 0 Å². The molecule has 2 aromatic rings. The molecule has 1 aromatic carbocycles. The van der Waals surface area contributed by atoms with Gasteiger partial charge in [-0.2, -0.15) is 5.10 Å². The molecule has 3 saturated carbocycles. The minimum Gasteiger partial charge on any atom is -0.489 e. The van der Waals surface area contributed by atoms with Crippen LogP contribution in [0.3, 0.4) is 0 Å². The van der Waals surface area contributed by atoms with Crippen LogP contribution in [0.25, 0.3) is 11.1 Å². The van der Waals surface area contributed by atoms with Crippen molar-refractivity contribution < 1.29 is 14.3 Å². The molecule has 1 spiro atoms. The highest BCUT2D eigenvalue weighted by molar-refractivity contribution is 5.99. The molecular formula is C35H47N5O3. The van der Waals surface area contributed by atoms with Gasteiger partial charge in [-0.3, -0.25) is 14.3 Å². The van der Waals surface area contributed by atoms with Gasteiger partial charge in [-0.1, -0.05) is 0 Å². The lowest BCUT2D eigenvalue weighted by atomic mass is 9.57. The lowest BCUT2D eigenvalue weighted by Crippen LogP contribution is -2.52. The van der Waals surface area contributed by atoms with Crippen LogP contribution < -0.4 is 15.0 Å². The SMILES string of the molecule is C[C@H]1CCc2c(ccc(-c3cnn(C4CCN(C(=O)C5CC6(CCNCC6)C5)CC4)c3)c2OC2CCC2)N1C(=O)C1CC1. The quantitative estimate of drug-likeness (QED) is 0.484. The summed E-state index contributed by atoms with van der Waals surface area (Å²) in [5.41, 5.74) is 4.86. The topological polar surface area (TPSA) is 79.7 Å². The van der Waals surface area contributed by atoms with E-state index in [2.05, 4.69) is 45.1 Å². The Kier molecular flexibility index (Phi) is 7.03. The normalized spacial score (nSPS) is 26.1. The average molecular weight is 586 g/mol. The van der Waals surface area contributed by atoms with Crippen LogP contribution in [-0.4, -0.2) is 64.8 Å². The van der Waals surface area contributed by atoms with Crippen molar-refractivity contribution in [2.45, 2.75) is 109 Å². The van der Waals surface area contributed by atoms with Crippen molar-refractivity contribution in [2.75, 3.05) is 31.1 Å². The molecule has 0 unspecified atom stereocenters. The predicted octanol–water partition coefficient (Wildman–Crippen LogP) is 5.50. The summed E-state index contributed by atoms with van der Waals surface area (Å²) >= 11 is 0. The van der Waals surface area contributed by atoms with Gasteiger partial charge in [0.25, 0.3) is 0 Å². The number of likely N-dealkylation sites (tertiary alicyclic amines) is 1. The fourth-order valence-electron chi connectivity index (χ4n) is 8.50. The van der Waals surface area contributed by atoms with E-state index in [4.69, 9.17) is 9.84 Å². The molecule has 3 aliphatic carbocycles. The average Bonchev–Trinajstić information content (AvgIpc) is 3.74. The number of rotatable bonds is 6. The number of hydrogen-bond donors (Lipinski definition) is 1. The summed E-state index contributed by atoms with van der Waals surface area (Å²) in [6.45, 7) is 6.04. The number of carbonyl (C=O) groups excluding carboxylic acids is 2. The highest BCUT2D eigenvalue weighted by Crippen LogP contribution is 2.52. The summed E-state index contributed by atoms with van der Waals surface area (Å²) in [7, 11) is 0. The predicted molar refractivity (Wildman–Crippen MR) is 166 cm³/mol. The first-order valence-corrected chi connectivity index (χ1v) is 17.2. The second-order valence-electron chi connectivity index (χ2n) is 14.6. The Morgan fingerprint density at radius 3 is 2.42 bits per heavy atom. The number of fused-ring (bicyclic) bond motifs is 1. The highest BCUT2D eigenvalue weighted by Gasteiger charge is 2.48. The third kappa shape index (κ3) is 5.07. The van der Waals surface area contributed by atoms with Crippen LogP contribution in [0.5, 0.6) is 5.75 Å². The van der Waals surface area contributed by atoms with Crippen LogP contribution in [0, 0.1) is 17.3 Å². The number of nitrogens with zero attached hydrogens (tertiary/aromatic N) is 4. The molecule has 8 rings (SSSR count). The zero-order valence-electron chi connectivity index (χ0n) is 25.7. The molecule has 5 fully saturated rings. The molecule has 1 atom stereocenters. The van der Waals surface area contributed by atoms with Gasteiger partial charge < -0.3 is 19.9 Å². The maximum Gasteiger partial charge on any atom is 0.230 e. The van der Waals surface area contributed by atoms with E-state index in [-0.39, 0.29) is 29.9 Å². The van der Waals surface area contributed by atoms with E-state index in [1.165, 1.54) is 24.8 Å². The third-order valence-corrected chi connectivity index (χ3v) is 11.7. The lowest BCUT2D eigenvalue weighted by Gasteiger charge is -2.51. The molecule has 8 heteroatoms. The first-order chi connectivity index (χ1) is 21.0. The largest absolute Gasteiger partial charge is 0.489 e. The zero-order valence-corrected chi connectivity index (χ0v) is 25.7. The zero-order chi connectivity index (χ0) is 29.1. The Morgan fingerprint density at radius 1 is 0.953 bits per heavy atom. The van der Waals surface area contributed by atoms with Gasteiger partial charge in [-0.25, -0.2) is 0 Å². The van der Waals surface area contributed by atoms with Crippen LogP contribution in [0.4, 0.5) is 5.69 Å². The Labute approximate surface area is 255 Å². The second kappa shape index (κ2) is 10.9. The number of ether oxygens (including phenoxy) is 1. The van der Waals surface area contributed by atoms with Gasteiger partial charge in [-0.15, -0.1) is 0 Å². The van der Waals surface area contributed by atoms with Gasteiger partial charge in [-0.05, 0) is 121 Å². The van der Waals surface area contributed by atoms with Gasteiger partial charge in [0.2, 0.25) is 11.8 Å². The molecule has 6 aliphatic rings. The lowest BCUT2D eigenvalue weighted by molar-refractivity contribution is -0.146. The first-order valence-electron chi connectivity index (χ1n) is 17.2. The summed E-state index contributed by atoms with van der Waals surface area (Å²) in [5.74, 6) is 2.08. The smallest absolute Gasteiger partial charge is 0.230 e. The van der Waals surface area contributed by atoms with E-state index >= 15 is 0 Å². The molecule has 2 amide bonds. The molecule has 1 aromatic heterocycles. The Hall–Kier alpha value is -2.87. The Morgan fingerprint density at radius 2 is 1.72 bits per heavy atom. The number of amides is 2. The minimum absolute atomic E-state index is 0.198. The Balaban J connectivity index is 0.977. The second-order valence-corrected chi connectivity index (χ2v) is 14.6. The van der Waals surface area contributed by atoms with Crippen molar-refractivity contribution in [3.05, 3.63) is 30.1 Å². The van der Waals surface area contributed by atoms with Crippen molar-refractivity contribution in [3.63, 3.8) is 0 Å². The van der Waals surface area contributed by atoms with Crippen molar-refractivity contribution >= 4 is 17.5 Å². The molecule has 3 aliphatic heterocycles. The number of aromatic nitrogens is 2. The van der Waals surface area contributed by atoms with Crippen LogP contribution >= 0.6 is 0 Å². The van der Waals surface area contributed by atoms with Gasteiger partial charge in [0.1, 0.15) is 5.75 Å². The molecule has 230 valence electrons. The summed E-state index contributed by atoms with van der Waals surface area (Å²) in [6, 6.07) is 4.84. The van der Waals surface area contributed by atoms with Crippen molar-refractivity contribution in [3.8, 4) is 16.9 Å². The molecular weight excluding hydrogens is 538 g/mol. The standard InChI is InChI=1S/C35H47N5O3/c1-23-5-8-30-31(40(23)34(42)24-6-7-24)10-9-29(32(30)43-28-3-2-4-28)26-21-37-39(22-26)27-11-17-38(18-12-27)33(41)25-19-35(20-25)13-15-36-16-14-35/h9-10,21-25,27-28,36H,2-8,11-20H2,1H3/t23-/m0/s1. The van der Waals surface area contributed by atoms with Crippen LogP contribution in [0.1, 0.15) is 95.6 Å². The van der Waals surface area contributed by atoms with E-state index in [1.807, 2.05) is 6.20 Å². The van der Waals surface area contributed by atoms with Crippen LogP contribution in [0.2, 0.25) is 0 Å². The fraction of sp³-hybridized carbons (Fsp3) is 0.686. The van der Waals surface area contributed by atoms with Gasteiger partial charge >= 0.3 is 0 Å². The van der Waals surface area contributed by atoms with E-state index in [1.54, 1.807) is 0 Å². The molecule has 2 saturated heterocycles. The monoisotopic (exact) mass is 585 g/mol. The third-order valence-electron chi connectivity index (χ3n) is 11.7. The Bertz CT molecular complexity index is 1370. The van der Waals surface area contributed by atoms with E-state index in [9.17, 15) is 9.59 Å². The van der Waals surface area contributed by atoms with Gasteiger partial charge in [0.15, 0.2) is 0 Å². The molecule has 0 bridgehead atoms. The fourth-order valence-corrected chi connectivity index (χ4v) is 8.50. The van der Waals surface area contributed by atoms with Crippen LogP contribution in [0.15, 0.2) is 24.5 Å². The highest BCUT2D eigenvalue weighted by atomic mass is 16.5. The van der Waals surface area contributed by atoms with E-state index in [0.717, 1.165) is 113 Å². The number of carbonyl (C=O) groups is 2. The van der Waals surface area contributed by atoms with Crippen molar-refractivity contribution in [1.29, 1.82) is 0 Å². The number of piperidine rings is 2. The summed E-state index contributed by atoms with van der Waals surface area (Å²) < 4.78 is 8.85. The van der Waals surface area contributed by atoms with Gasteiger partial charge in [0.05, 0.1) is 24.0 Å². The minimum atomic E-state index is 0.198. The van der Waals surface area contributed by atoms with Crippen molar-refractivity contribution in [2.24, 2.45) is 17.3 Å².